The molecule has 0 saturated carbocycles. The summed E-state index contributed by atoms with van der Waals surface area (Å²) in [7, 11) is 1.74. The largest absolute Gasteiger partial charge is 0.383 e. The van der Waals surface area contributed by atoms with E-state index in [1.807, 2.05) is 6.07 Å². The monoisotopic (exact) mass is 236 g/mol. The van der Waals surface area contributed by atoms with E-state index >= 15 is 0 Å². The van der Waals surface area contributed by atoms with Crippen molar-refractivity contribution in [3.05, 3.63) is 18.0 Å². The van der Waals surface area contributed by atoms with Crippen LogP contribution < -0.4 is 5.73 Å². The number of nitrogen functional groups attached to an aromatic ring is 1. The second-order valence-corrected chi connectivity index (χ2v) is 4.47. The second-order valence-electron chi connectivity index (χ2n) is 4.47. The predicted octanol–water partition coefficient (Wildman–Crippen LogP) is 0.885. The van der Waals surface area contributed by atoms with Crippen LogP contribution >= 0.6 is 0 Å². The van der Waals surface area contributed by atoms with E-state index in [4.69, 9.17) is 10.5 Å². The molecule has 1 aromatic rings. The van der Waals surface area contributed by atoms with E-state index in [9.17, 15) is 0 Å². The highest BCUT2D eigenvalue weighted by Crippen LogP contribution is 2.25. The molecule has 1 aromatic heterocycles. The number of hydrogen-bond donors (Lipinski definition) is 1. The standard InChI is InChI=1S/C12H20N4O/c1-17-8-7-16-6-2-3-10(9-16)11-4-5-14-12(13)15-11/h4-5,10H,2-3,6-9H2,1H3,(H2,13,14,15)/t10-/m1/s1. The first kappa shape index (κ1) is 12.3. The third kappa shape index (κ3) is 3.38. The summed E-state index contributed by atoms with van der Waals surface area (Å²) < 4.78 is 5.12. The summed E-state index contributed by atoms with van der Waals surface area (Å²) in [6, 6.07) is 1.97. The first-order valence-corrected chi connectivity index (χ1v) is 6.09. The van der Waals surface area contributed by atoms with Crippen molar-refractivity contribution in [3.8, 4) is 0 Å². The van der Waals surface area contributed by atoms with Crippen molar-refractivity contribution < 1.29 is 4.74 Å². The van der Waals surface area contributed by atoms with Crippen LogP contribution in [0.5, 0.6) is 0 Å². The quantitative estimate of drug-likeness (QED) is 0.841. The number of methoxy groups -OCH3 is 1. The molecule has 1 saturated heterocycles. The molecule has 0 aromatic carbocycles. The zero-order valence-corrected chi connectivity index (χ0v) is 10.3. The third-order valence-corrected chi connectivity index (χ3v) is 3.23. The van der Waals surface area contributed by atoms with Gasteiger partial charge in [-0.25, -0.2) is 9.97 Å². The Morgan fingerprint density at radius 3 is 3.24 bits per heavy atom. The summed E-state index contributed by atoms with van der Waals surface area (Å²) in [6.07, 6.45) is 4.13. The maximum Gasteiger partial charge on any atom is 0.220 e. The molecule has 5 heteroatoms. The summed E-state index contributed by atoms with van der Waals surface area (Å²) in [6.45, 7) is 3.98. The number of hydrogen-bond acceptors (Lipinski definition) is 5. The minimum atomic E-state index is 0.372. The fraction of sp³-hybridized carbons (Fsp3) is 0.667. The summed E-state index contributed by atoms with van der Waals surface area (Å²) in [5.41, 5.74) is 6.69. The number of aromatic nitrogens is 2. The highest BCUT2D eigenvalue weighted by molar-refractivity contribution is 5.20. The SMILES string of the molecule is COCCN1CCC[C@@H](c2ccnc(N)n2)C1. The third-order valence-electron chi connectivity index (χ3n) is 3.23. The van der Waals surface area contributed by atoms with E-state index in [2.05, 4.69) is 14.9 Å². The lowest BCUT2D eigenvalue weighted by Gasteiger charge is -2.32. The van der Waals surface area contributed by atoms with Gasteiger partial charge >= 0.3 is 0 Å². The van der Waals surface area contributed by atoms with Crippen LogP contribution in [0.1, 0.15) is 24.5 Å². The molecule has 1 fully saturated rings. The van der Waals surface area contributed by atoms with E-state index in [1.54, 1.807) is 13.3 Å². The van der Waals surface area contributed by atoms with Gasteiger partial charge in [-0.15, -0.1) is 0 Å². The average molecular weight is 236 g/mol. The van der Waals surface area contributed by atoms with Gasteiger partial charge in [0.1, 0.15) is 0 Å². The van der Waals surface area contributed by atoms with Crippen molar-refractivity contribution >= 4 is 5.95 Å². The molecule has 0 unspecified atom stereocenters. The van der Waals surface area contributed by atoms with Crippen molar-refractivity contribution in [3.63, 3.8) is 0 Å². The topological polar surface area (TPSA) is 64.3 Å². The normalized spacial score (nSPS) is 21.6. The smallest absolute Gasteiger partial charge is 0.220 e. The molecule has 0 aliphatic carbocycles. The minimum Gasteiger partial charge on any atom is -0.383 e. The van der Waals surface area contributed by atoms with Gasteiger partial charge in [0.25, 0.3) is 0 Å². The van der Waals surface area contributed by atoms with Crippen LogP contribution in [-0.2, 0) is 4.74 Å². The van der Waals surface area contributed by atoms with Gasteiger partial charge in [0.15, 0.2) is 0 Å². The second kappa shape index (κ2) is 5.93. The van der Waals surface area contributed by atoms with Gasteiger partial charge in [-0.3, -0.25) is 0 Å². The van der Waals surface area contributed by atoms with Crippen molar-refractivity contribution in [2.75, 3.05) is 39.1 Å². The number of anilines is 1. The first-order valence-electron chi connectivity index (χ1n) is 6.09. The van der Waals surface area contributed by atoms with Gasteiger partial charge < -0.3 is 15.4 Å². The number of likely N-dealkylation sites (tertiary alicyclic amines) is 1. The van der Waals surface area contributed by atoms with Gasteiger partial charge in [0.05, 0.1) is 12.3 Å². The highest BCUT2D eigenvalue weighted by atomic mass is 16.5. The average Bonchev–Trinajstić information content (AvgIpc) is 2.37. The minimum absolute atomic E-state index is 0.372. The van der Waals surface area contributed by atoms with Crippen LogP contribution in [0.4, 0.5) is 5.95 Å². The molecule has 0 spiro atoms. The number of ether oxygens (including phenoxy) is 1. The lowest BCUT2D eigenvalue weighted by Crippen LogP contribution is -2.36. The Morgan fingerprint density at radius 2 is 2.47 bits per heavy atom. The van der Waals surface area contributed by atoms with E-state index in [0.29, 0.717) is 11.9 Å². The van der Waals surface area contributed by atoms with E-state index in [-0.39, 0.29) is 0 Å². The molecule has 0 radical (unpaired) electrons. The van der Waals surface area contributed by atoms with E-state index in [0.717, 1.165) is 31.9 Å². The van der Waals surface area contributed by atoms with Crippen LogP contribution in [0.25, 0.3) is 0 Å². The molecule has 2 heterocycles. The number of piperidine rings is 1. The van der Waals surface area contributed by atoms with Gasteiger partial charge in [-0.1, -0.05) is 0 Å². The van der Waals surface area contributed by atoms with Gasteiger partial charge in [-0.2, -0.15) is 0 Å². The van der Waals surface area contributed by atoms with Crippen LogP contribution in [0, 0.1) is 0 Å². The Bertz CT molecular complexity index is 358. The molecule has 1 aliphatic heterocycles. The Hall–Kier alpha value is -1.20. The van der Waals surface area contributed by atoms with Crippen molar-refractivity contribution in [1.29, 1.82) is 0 Å². The fourth-order valence-corrected chi connectivity index (χ4v) is 2.34. The Kier molecular flexibility index (Phi) is 4.28. The summed E-state index contributed by atoms with van der Waals surface area (Å²) in [5, 5.41) is 0. The Morgan fingerprint density at radius 1 is 1.59 bits per heavy atom. The number of nitrogens with two attached hydrogens (primary N) is 1. The Balaban J connectivity index is 1.97. The molecule has 17 heavy (non-hydrogen) atoms. The van der Waals surface area contributed by atoms with Crippen LogP contribution in [0.2, 0.25) is 0 Å². The van der Waals surface area contributed by atoms with Crippen LogP contribution in [-0.4, -0.2) is 48.2 Å². The molecular weight excluding hydrogens is 216 g/mol. The summed E-state index contributed by atoms with van der Waals surface area (Å²) in [5.74, 6) is 0.849. The predicted molar refractivity (Wildman–Crippen MR) is 66.7 cm³/mol. The molecule has 1 aliphatic rings. The Labute approximate surface area is 102 Å². The maximum absolute atomic E-state index is 5.62. The summed E-state index contributed by atoms with van der Waals surface area (Å²) in [4.78, 5) is 10.7. The van der Waals surface area contributed by atoms with Gasteiger partial charge in [0.2, 0.25) is 5.95 Å². The lowest BCUT2D eigenvalue weighted by atomic mass is 9.94. The molecule has 0 amide bonds. The fourth-order valence-electron chi connectivity index (χ4n) is 2.34. The zero-order chi connectivity index (χ0) is 12.1. The van der Waals surface area contributed by atoms with Gasteiger partial charge in [0, 0.05) is 32.3 Å². The maximum atomic E-state index is 5.62. The molecule has 0 bridgehead atoms. The number of rotatable bonds is 4. The van der Waals surface area contributed by atoms with E-state index < -0.39 is 0 Å². The molecule has 2 rings (SSSR count). The van der Waals surface area contributed by atoms with Crippen molar-refractivity contribution in [1.82, 2.24) is 14.9 Å². The van der Waals surface area contributed by atoms with Crippen LogP contribution in [0.3, 0.4) is 0 Å². The molecule has 1 atom stereocenters. The number of nitrogens with zero attached hydrogens (tertiary/aromatic N) is 3. The summed E-state index contributed by atoms with van der Waals surface area (Å²) >= 11 is 0. The molecule has 94 valence electrons. The zero-order valence-electron chi connectivity index (χ0n) is 10.3. The molecule has 5 nitrogen and oxygen atoms in total. The lowest BCUT2D eigenvalue weighted by molar-refractivity contribution is 0.127. The first-order chi connectivity index (χ1) is 8.29. The highest BCUT2D eigenvalue weighted by Gasteiger charge is 2.22. The van der Waals surface area contributed by atoms with Crippen LogP contribution in [0.15, 0.2) is 12.3 Å². The van der Waals surface area contributed by atoms with Gasteiger partial charge in [-0.05, 0) is 25.5 Å². The van der Waals surface area contributed by atoms with Crippen molar-refractivity contribution in [2.24, 2.45) is 0 Å². The molecular formula is C12H20N4O. The molecule has 2 N–H and O–H groups in total. The van der Waals surface area contributed by atoms with Crippen molar-refractivity contribution in [2.45, 2.75) is 18.8 Å². The van der Waals surface area contributed by atoms with E-state index in [1.165, 1.54) is 12.8 Å².